The second-order valence-corrected chi connectivity index (χ2v) is 9.53. The van der Waals surface area contributed by atoms with E-state index in [0.29, 0.717) is 37.8 Å². The predicted molar refractivity (Wildman–Crippen MR) is 159 cm³/mol. The molecule has 1 aromatic carbocycles. The van der Waals surface area contributed by atoms with Crippen LogP contribution in [0.1, 0.15) is 28.5 Å². The SMILES string of the molecule is CC=O.CNc1cc(-c2cc(-c3cc(NC(=O)c4ccnc(C(F)(F)F)c4)ccc3C)cc(N3CCOCC3)n2)ccn1. The van der Waals surface area contributed by atoms with Crippen molar-refractivity contribution in [2.24, 2.45) is 0 Å². The van der Waals surface area contributed by atoms with Crippen molar-refractivity contribution in [3.63, 3.8) is 0 Å². The number of ether oxygens (including phenoxy) is 1. The van der Waals surface area contributed by atoms with E-state index in [2.05, 4.69) is 25.5 Å². The molecule has 0 aliphatic carbocycles. The molecule has 0 saturated carbocycles. The fourth-order valence-corrected chi connectivity index (χ4v) is 4.44. The molecule has 9 nitrogen and oxygen atoms in total. The van der Waals surface area contributed by atoms with Crippen molar-refractivity contribution < 1.29 is 27.5 Å². The van der Waals surface area contributed by atoms with Gasteiger partial charge in [0.1, 0.15) is 23.6 Å². The third kappa shape index (κ3) is 7.92. The Kier molecular flexibility index (Phi) is 10.0. The summed E-state index contributed by atoms with van der Waals surface area (Å²) in [4.78, 5) is 36.4. The number of amides is 1. The first-order chi connectivity index (χ1) is 20.6. The van der Waals surface area contributed by atoms with Crippen molar-refractivity contribution in [3.8, 4) is 22.4 Å². The maximum Gasteiger partial charge on any atom is 0.433 e. The highest BCUT2D eigenvalue weighted by atomic mass is 19.4. The molecule has 1 fully saturated rings. The third-order valence-corrected chi connectivity index (χ3v) is 6.58. The van der Waals surface area contributed by atoms with Crippen LogP contribution in [0.2, 0.25) is 0 Å². The fourth-order valence-electron chi connectivity index (χ4n) is 4.44. The minimum Gasteiger partial charge on any atom is -0.378 e. The molecule has 1 aliphatic rings. The highest BCUT2D eigenvalue weighted by molar-refractivity contribution is 6.04. The van der Waals surface area contributed by atoms with Crippen molar-refractivity contribution in [1.29, 1.82) is 0 Å². The van der Waals surface area contributed by atoms with Gasteiger partial charge in [-0.2, -0.15) is 13.2 Å². The Balaban J connectivity index is 0.00000135. The number of carbonyl (C=O) groups is 2. The molecular weight excluding hydrogens is 561 g/mol. The topological polar surface area (TPSA) is 109 Å². The summed E-state index contributed by atoms with van der Waals surface area (Å²) in [5, 5.41) is 5.77. The van der Waals surface area contributed by atoms with Crippen LogP contribution in [-0.4, -0.2) is 60.5 Å². The summed E-state index contributed by atoms with van der Waals surface area (Å²) in [6, 6.07) is 15.2. The molecule has 12 heteroatoms. The Labute approximate surface area is 247 Å². The number of nitrogens with one attached hydrogen (secondary N) is 2. The minimum atomic E-state index is -4.65. The molecule has 0 spiro atoms. The smallest absolute Gasteiger partial charge is 0.378 e. The van der Waals surface area contributed by atoms with E-state index in [0.717, 1.165) is 52.3 Å². The number of nitrogens with zero attached hydrogens (tertiary/aromatic N) is 4. The molecule has 3 aromatic heterocycles. The van der Waals surface area contributed by atoms with E-state index >= 15 is 0 Å². The maximum absolute atomic E-state index is 13.1. The van der Waals surface area contributed by atoms with E-state index in [9.17, 15) is 18.0 Å². The second kappa shape index (κ2) is 13.9. The van der Waals surface area contributed by atoms with Gasteiger partial charge in [-0.3, -0.25) is 9.78 Å². The van der Waals surface area contributed by atoms with Crippen molar-refractivity contribution in [3.05, 3.63) is 83.8 Å². The summed E-state index contributed by atoms with van der Waals surface area (Å²) in [7, 11) is 1.80. The molecule has 43 heavy (non-hydrogen) atoms. The van der Waals surface area contributed by atoms with Crippen molar-refractivity contribution in [2.45, 2.75) is 20.0 Å². The standard InChI is InChI=1S/C29H27F3N6O2.C2H4O/c1-18-3-4-22(36-28(39)20-6-7-34-25(14-20)29(30,31)32)17-23(18)21-13-24(19-5-8-35-26(15-19)33-2)37-27(16-21)38-9-11-40-12-10-38;1-2-3/h3-8,13-17H,9-12H2,1-2H3,(H,33,35)(H,36,39);2H,1H3. The first kappa shape index (κ1) is 31.1. The number of aldehydes is 1. The quantitative estimate of drug-likeness (QED) is 0.268. The second-order valence-electron chi connectivity index (χ2n) is 9.53. The zero-order chi connectivity index (χ0) is 31.0. The summed E-state index contributed by atoms with van der Waals surface area (Å²) in [6.07, 6.45) is -1.20. The van der Waals surface area contributed by atoms with Gasteiger partial charge in [0.05, 0.1) is 18.9 Å². The number of rotatable bonds is 6. The summed E-state index contributed by atoms with van der Waals surface area (Å²) < 4.78 is 44.8. The molecule has 1 saturated heterocycles. The molecule has 224 valence electrons. The van der Waals surface area contributed by atoms with Crippen molar-refractivity contribution >= 4 is 29.5 Å². The summed E-state index contributed by atoms with van der Waals surface area (Å²) in [5.41, 5.74) is 3.51. The lowest BCUT2D eigenvalue weighted by Crippen LogP contribution is -2.36. The lowest BCUT2D eigenvalue weighted by molar-refractivity contribution is -0.141. The van der Waals surface area contributed by atoms with Crippen LogP contribution in [0.4, 0.5) is 30.5 Å². The van der Waals surface area contributed by atoms with Gasteiger partial charge in [-0.1, -0.05) is 6.07 Å². The van der Waals surface area contributed by atoms with E-state index < -0.39 is 17.8 Å². The Morgan fingerprint density at radius 3 is 2.40 bits per heavy atom. The molecular formula is C31H31F3N6O3. The first-order valence-corrected chi connectivity index (χ1v) is 13.5. The average Bonchev–Trinajstić information content (AvgIpc) is 3.02. The third-order valence-electron chi connectivity index (χ3n) is 6.58. The fraction of sp³-hybridized carbons (Fsp3) is 0.258. The number of carbonyl (C=O) groups excluding carboxylic acids is 2. The number of aryl methyl sites for hydroxylation is 1. The van der Waals surface area contributed by atoms with Crippen molar-refractivity contribution in [1.82, 2.24) is 15.0 Å². The Morgan fingerprint density at radius 1 is 0.977 bits per heavy atom. The average molecular weight is 593 g/mol. The summed E-state index contributed by atoms with van der Waals surface area (Å²) >= 11 is 0. The number of pyridine rings is 3. The van der Waals surface area contributed by atoms with Crippen LogP contribution in [0.15, 0.2) is 67.0 Å². The van der Waals surface area contributed by atoms with Crippen LogP contribution >= 0.6 is 0 Å². The number of anilines is 3. The maximum atomic E-state index is 13.1. The normalized spacial score (nSPS) is 13.0. The molecule has 0 unspecified atom stereocenters. The van der Waals surface area contributed by atoms with E-state index in [1.165, 1.54) is 13.0 Å². The Morgan fingerprint density at radius 2 is 1.70 bits per heavy atom. The molecule has 0 radical (unpaired) electrons. The summed E-state index contributed by atoms with van der Waals surface area (Å²) in [5.74, 6) is 0.843. The van der Waals surface area contributed by atoms with Crippen LogP contribution in [0, 0.1) is 6.92 Å². The number of hydrogen-bond acceptors (Lipinski definition) is 8. The lowest BCUT2D eigenvalue weighted by atomic mass is 9.98. The van der Waals surface area contributed by atoms with Gasteiger partial charge in [0.15, 0.2) is 0 Å². The molecule has 1 amide bonds. The van der Waals surface area contributed by atoms with Gasteiger partial charge >= 0.3 is 6.18 Å². The zero-order valence-electron chi connectivity index (χ0n) is 23.9. The number of alkyl halides is 3. The van der Waals surface area contributed by atoms with E-state index in [-0.39, 0.29) is 5.56 Å². The first-order valence-electron chi connectivity index (χ1n) is 13.5. The lowest BCUT2D eigenvalue weighted by Gasteiger charge is -2.28. The van der Waals surface area contributed by atoms with Gasteiger partial charge in [-0.05, 0) is 79.1 Å². The predicted octanol–water partition coefficient (Wildman–Crippen LogP) is 5.87. The molecule has 4 aromatic rings. The molecule has 0 atom stereocenters. The van der Waals surface area contributed by atoms with Crippen LogP contribution in [0.25, 0.3) is 22.4 Å². The van der Waals surface area contributed by atoms with Gasteiger partial charge < -0.3 is 25.1 Å². The zero-order valence-corrected chi connectivity index (χ0v) is 23.9. The molecule has 1 aliphatic heterocycles. The van der Waals surface area contributed by atoms with Crippen molar-refractivity contribution in [2.75, 3.05) is 48.9 Å². The highest BCUT2D eigenvalue weighted by Crippen LogP contribution is 2.34. The van der Waals surface area contributed by atoms with Gasteiger partial charge in [-0.25, -0.2) is 9.97 Å². The molecule has 0 bridgehead atoms. The van der Waals surface area contributed by atoms with Crippen LogP contribution in [-0.2, 0) is 15.7 Å². The van der Waals surface area contributed by atoms with Gasteiger partial charge in [0.2, 0.25) is 0 Å². The minimum absolute atomic E-state index is 0.136. The Bertz CT molecular complexity index is 1590. The van der Waals surface area contributed by atoms with Gasteiger partial charge in [-0.15, -0.1) is 0 Å². The molecule has 2 N–H and O–H groups in total. The number of benzene rings is 1. The van der Waals surface area contributed by atoms with E-state index in [4.69, 9.17) is 14.5 Å². The van der Waals surface area contributed by atoms with Gasteiger partial charge in [0.25, 0.3) is 5.91 Å². The summed E-state index contributed by atoms with van der Waals surface area (Å²) in [6.45, 7) is 6.02. The van der Waals surface area contributed by atoms with Crippen LogP contribution in [0.5, 0.6) is 0 Å². The monoisotopic (exact) mass is 592 g/mol. The van der Waals surface area contributed by atoms with E-state index in [1.807, 2.05) is 43.3 Å². The number of morpholine rings is 1. The number of aromatic nitrogens is 3. The van der Waals surface area contributed by atoms with Crippen LogP contribution in [0.3, 0.4) is 0 Å². The van der Waals surface area contributed by atoms with Crippen LogP contribution < -0.4 is 15.5 Å². The Hall–Kier alpha value is -4.84. The molecule has 4 heterocycles. The highest BCUT2D eigenvalue weighted by Gasteiger charge is 2.33. The van der Waals surface area contributed by atoms with Gasteiger partial charge in [0, 0.05) is 49.3 Å². The largest absolute Gasteiger partial charge is 0.433 e. The number of halogens is 3. The molecule has 5 rings (SSSR count). The number of hydrogen-bond donors (Lipinski definition) is 2. The van der Waals surface area contributed by atoms with E-state index in [1.54, 1.807) is 19.3 Å².